The van der Waals surface area contributed by atoms with Gasteiger partial charge in [0.25, 0.3) is 0 Å². The van der Waals surface area contributed by atoms with Crippen LogP contribution in [0.1, 0.15) is 16.7 Å². The van der Waals surface area contributed by atoms with Gasteiger partial charge in [-0.05, 0) is 42.7 Å². The Hall–Kier alpha value is -1.95. The third-order valence-corrected chi connectivity index (χ3v) is 5.03. The van der Waals surface area contributed by atoms with E-state index in [4.69, 9.17) is 11.6 Å². The second-order valence-corrected chi connectivity index (χ2v) is 7.34. The van der Waals surface area contributed by atoms with E-state index in [9.17, 15) is 4.79 Å². The summed E-state index contributed by atoms with van der Waals surface area (Å²) in [6.07, 6.45) is 3.81. The van der Waals surface area contributed by atoms with E-state index in [0.717, 1.165) is 44.0 Å². The Kier molecular flexibility index (Phi) is 6.25. The largest absolute Gasteiger partial charge is 0.325 e. The van der Waals surface area contributed by atoms with Gasteiger partial charge in [0.1, 0.15) is 0 Å². The van der Waals surface area contributed by atoms with Crippen molar-refractivity contribution < 1.29 is 4.79 Å². The van der Waals surface area contributed by atoms with Crippen molar-refractivity contribution in [3.63, 3.8) is 0 Å². The maximum absolute atomic E-state index is 12.3. The summed E-state index contributed by atoms with van der Waals surface area (Å²) in [4.78, 5) is 21.1. The molecule has 6 heteroatoms. The molecule has 1 fully saturated rings. The van der Waals surface area contributed by atoms with Crippen molar-refractivity contribution >= 4 is 23.2 Å². The monoisotopic (exact) mass is 372 g/mol. The highest BCUT2D eigenvalue weighted by Gasteiger charge is 2.19. The number of halogens is 1. The molecule has 1 N–H and O–H groups in total. The van der Waals surface area contributed by atoms with Gasteiger partial charge in [0.2, 0.25) is 5.91 Å². The van der Waals surface area contributed by atoms with E-state index in [1.165, 1.54) is 11.1 Å². The number of hydrogen-bond acceptors (Lipinski definition) is 4. The van der Waals surface area contributed by atoms with Crippen molar-refractivity contribution in [2.75, 3.05) is 38.0 Å². The van der Waals surface area contributed by atoms with Crippen molar-refractivity contribution in [1.29, 1.82) is 0 Å². The number of pyridine rings is 1. The van der Waals surface area contributed by atoms with Gasteiger partial charge in [-0.3, -0.25) is 19.6 Å². The first-order valence-electron chi connectivity index (χ1n) is 8.91. The molecule has 0 unspecified atom stereocenters. The molecule has 3 rings (SSSR count). The van der Waals surface area contributed by atoms with E-state index in [1.807, 2.05) is 31.5 Å². The number of benzene rings is 1. The van der Waals surface area contributed by atoms with Crippen LogP contribution in [0.25, 0.3) is 0 Å². The molecule has 0 radical (unpaired) electrons. The quantitative estimate of drug-likeness (QED) is 0.876. The minimum Gasteiger partial charge on any atom is -0.325 e. The fourth-order valence-corrected chi connectivity index (χ4v) is 3.32. The molecule has 2 heterocycles. The highest BCUT2D eigenvalue weighted by molar-refractivity contribution is 6.31. The Morgan fingerprint density at radius 3 is 2.54 bits per heavy atom. The van der Waals surface area contributed by atoms with Crippen LogP contribution in [-0.2, 0) is 11.3 Å². The van der Waals surface area contributed by atoms with Gasteiger partial charge in [-0.25, -0.2) is 0 Å². The molecule has 1 saturated heterocycles. The number of aryl methyl sites for hydroxylation is 2. The van der Waals surface area contributed by atoms with E-state index < -0.39 is 0 Å². The van der Waals surface area contributed by atoms with Gasteiger partial charge in [0.05, 0.1) is 6.54 Å². The molecule has 1 aromatic carbocycles. The first-order valence-corrected chi connectivity index (χ1v) is 9.28. The lowest BCUT2D eigenvalue weighted by Crippen LogP contribution is -2.48. The number of carbonyl (C=O) groups excluding carboxylic acids is 1. The number of aromatic nitrogens is 1. The van der Waals surface area contributed by atoms with Crippen LogP contribution >= 0.6 is 11.6 Å². The van der Waals surface area contributed by atoms with Crippen LogP contribution in [0.3, 0.4) is 0 Å². The average Bonchev–Trinajstić information content (AvgIpc) is 2.60. The molecular formula is C20H25ClN4O. The van der Waals surface area contributed by atoms with Crippen LogP contribution in [0.4, 0.5) is 5.69 Å². The fraction of sp³-hybridized carbons (Fsp3) is 0.400. The summed E-state index contributed by atoms with van der Waals surface area (Å²) >= 11 is 6.11. The summed E-state index contributed by atoms with van der Waals surface area (Å²) in [5, 5.41) is 3.60. The van der Waals surface area contributed by atoms with Crippen LogP contribution in [0.5, 0.6) is 0 Å². The van der Waals surface area contributed by atoms with Crippen molar-refractivity contribution in [1.82, 2.24) is 14.8 Å². The van der Waals surface area contributed by atoms with Crippen molar-refractivity contribution in [2.24, 2.45) is 0 Å². The van der Waals surface area contributed by atoms with Gasteiger partial charge in [-0.15, -0.1) is 0 Å². The Morgan fingerprint density at radius 1 is 1.12 bits per heavy atom. The van der Waals surface area contributed by atoms with Crippen molar-refractivity contribution in [3.8, 4) is 0 Å². The van der Waals surface area contributed by atoms with Crippen LogP contribution in [-0.4, -0.2) is 53.4 Å². The van der Waals surface area contributed by atoms with Gasteiger partial charge in [-0.1, -0.05) is 23.7 Å². The van der Waals surface area contributed by atoms with Gasteiger partial charge >= 0.3 is 0 Å². The number of rotatable bonds is 5. The standard InChI is InChI=1S/C20H25ClN4O/c1-15-9-17(12-22-11-15)13-24-5-7-25(8-6-24)14-20(26)23-18-4-3-16(2)19(21)10-18/h3-4,9-12H,5-8,13-14H2,1-2H3,(H,23,26). The highest BCUT2D eigenvalue weighted by atomic mass is 35.5. The molecule has 1 aliphatic rings. The molecule has 26 heavy (non-hydrogen) atoms. The lowest BCUT2D eigenvalue weighted by atomic mass is 10.2. The molecule has 0 bridgehead atoms. The first kappa shape index (κ1) is 18.8. The van der Waals surface area contributed by atoms with Crippen molar-refractivity contribution in [2.45, 2.75) is 20.4 Å². The number of carbonyl (C=O) groups is 1. The summed E-state index contributed by atoms with van der Waals surface area (Å²) in [5.74, 6) is 0.00116. The van der Waals surface area contributed by atoms with Crippen molar-refractivity contribution in [3.05, 3.63) is 58.4 Å². The lowest BCUT2D eigenvalue weighted by molar-refractivity contribution is -0.117. The van der Waals surface area contributed by atoms with E-state index in [2.05, 4.69) is 33.1 Å². The Labute approximate surface area is 160 Å². The number of nitrogens with zero attached hydrogens (tertiary/aromatic N) is 3. The van der Waals surface area contributed by atoms with Crippen LogP contribution in [0.2, 0.25) is 5.02 Å². The molecule has 2 aromatic rings. The molecule has 0 spiro atoms. The summed E-state index contributed by atoms with van der Waals surface area (Å²) in [7, 11) is 0. The minimum atomic E-state index is 0.00116. The van der Waals surface area contributed by atoms with Gasteiger partial charge in [0.15, 0.2) is 0 Å². The summed E-state index contributed by atoms with van der Waals surface area (Å²) in [5.41, 5.74) is 4.18. The highest BCUT2D eigenvalue weighted by Crippen LogP contribution is 2.20. The molecule has 138 valence electrons. The molecule has 1 aliphatic heterocycles. The summed E-state index contributed by atoms with van der Waals surface area (Å²) < 4.78 is 0. The zero-order valence-corrected chi connectivity index (χ0v) is 16.1. The number of piperazine rings is 1. The Morgan fingerprint density at radius 2 is 1.85 bits per heavy atom. The topological polar surface area (TPSA) is 48.5 Å². The number of amides is 1. The van der Waals surface area contributed by atoms with E-state index in [1.54, 1.807) is 6.07 Å². The van der Waals surface area contributed by atoms with Crippen LogP contribution in [0.15, 0.2) is 36.7 Å². The lowest BCUT2D eigenvalue weighted by Gasteiger charge is -2.34. The van der Waals surface area contributed by atoms with Crippen LogP contribution in [0, 0.1) is 13.8 Å². The summed E-state index contributed by atoms with van der Waals surface area (Å²) in [6.45, 7) is 9.02. The molecule has 0 aliphatic carbocycles. The van der Waals surface area contributed by atoms with Gasteiger partial charge < -0.3 is 5.32 Å². The molecule has 1 amide bonds. The second-order valence-electron chi connectivity index (χ2n) is 6.93. The zero-order chi connectivity index (χ0) is 18.5. The number of hydrogen-bond donors (Lipinski definition) is 1. The van der Waals surface area contributed by atoms with E-state index in [0.29, 0.717) is 11.6 Å². The molecule has 1 aromatic heterocycles. The van der Waals surface area contributed by atoms with Gasteiger partial charge in [-0.2, -0.15) is 0 Å². The second kappa shape index (κ2) is 8.62. The minimum absolute atomic E-state index is 0.00116. The Balaban J connectivity index is 1.44. The fourth-order valence-electron chi connectivity index (χ4n) is 3.14. The molecular weight excluding hydrogens is 348 g/mol. The molecule has 5 nitrogen and oxygen atoms in total. The summed E-state index contributed by atoms with van der Waals surface area (Å²) in [6, 6.07) is 7.77. The Bertz CT molecular complexity index is 772. The number of anilines is 1. The van der Waals surface area contributed by atoms with E-state index in [-0.39, 0.29) is 5.91 Å². The average molecular weight is 373 g/mol. The number of nitrogens with one attached hydrogen (secondary N) is 1. The van der Waals surface area contributed by atoms with E-state index >= 15 is 0 Å². The zero-order valence-electron chi connectivity index (χ0n) is 15.3. The maximum atomic E-state index is 12.3. The third-order valence-electron chi connectivity index (χ3n) is 4.63. The first-order chi connectivity index (χ1) is 12.5. The predicted molar refractivity (Wildman–Crippen MR) is 106 cm³/mol. The smallest absolute Gasteiger partial charge is 0.238 e. The van der Waals surface area contributed by atoms with Crippen LogP contribution < -0.4 is 5.32 Å². The SMILES string of the molecule is Cc1cncc(CN2CCN(CC(=O)Nc3ccc(C)c(Cl)c3)CC2)c1. The maximum Gasteiger partial charge on any atom is 0.238 e. The predicted octanol–water partition coefficient (Wildman–Crippen LogP) is 3.11. The molecule has 0 atom stereocenters. The van der Waals surface area contributed by atoms with Gasteiger partial charge in [0, 0.05) is 55.8 Å². The normalized spacial score (nSPS) is 15.8. The third kappa shape index (κ3) is 5.27. The molecule has 0 saturated carbocycles.